The van der Waals surface area contributed by atoms with E-state index in [9.17, 15) is 0 Å². The van der Waals surface area contributed by atoms with Crippen LogP contribution in [0.5, 0.6) is 0 Å². The molecule has 18 heavy (non-hydrogen) atoms. The molecule has 1 rings (SSSR count). The maximum absolute atomic E-state index is 5.94. The van der Waals surface area contributed by atoms with Crippen molar-refractivity contribution < 1.29 is 4.74 Å². The number of ether oxygens (including phenoxy) is 1. The van der Waals surface area contributed by atoms with Gasteiger partial charge in [-0.2, -0.15) is 0 Å². The Labute approximate surface area is 114 Å². The van der Waals surface area contributed by atoms with Crippen molar-refractivity contribution in [3.05, 3.63) is 17.0 Å². The van der Waals surface area contributed by atoms with Gasteiger partial charge < -0.3 is 15.0 Å². The van der Waals surface area contributed by atoms with Crippen LogP contribution in [0.2, 0.25) is 5.15 Å². The van der Waals surface area contributed by atoms with Gasteiger partial charge in [0.25, 0.3) is 0 Å². The van der Waals surface area contributed by atoms with Crippen molar-refractivity contribution in [3.8, 4) is 0 Å². The molecule has 0 spiro atoms. The summed E-state index contributed by atoms with van der Waals surface area (Å²) in [6, 6.07) is 2.06. The first-order valence-electron chi connectivity index (χ1n) is 5.95. The minimum Gasteiger partial charge on any atom is -0.377 e. The molecule has 0 aliphatic heterocycles. The smallest absolute Gasteiger partial charge is 0.158 e. The zero-order chi connectivity index (χ0) is 13.5. The maximum atomic E-state index is 5.94. The third kappa shape index (κ3) is 5.62. The molecule has 102 valence electrons. The van der Waals surface area contributed by atoms with Gasteiger partial charge in [-0.05, 0) is 34.0 Å². The van der Waals surface area contributed by atoms with Crippen molar-refractivity contribution in [2.45, 2.75) is 26.0 Å². The molecule has 1 N–H and O–H groups in total. The minimum absolute atomic E-state index is 0.328. The van der Waals surface area contributed by atoms with Crippen molar-refractivity contribution in [1.82, 2.24) is 14.9 Å². The molecule has 0 saturated heterocycles. The second-order valence-corrected chi connectivity index (χ2v) is 4.95. The second-order valence-electron chi connectivity index (χ2n) is 4.56. The molecule has 0 saturated carbocycles. The predicted octanol–water partition coefficient (Wildman–Crippen LogP) is 2.03. The summed E-state index contributed by atoms with van der Waals surface area (Å²) in [5.74, 6) is 1.33. The Morgan fingerprint density at radius 2 is 2.17 bits per heavy atom. The lowest BCUT2D eigenvalue weighted by molar-refractivity contribution is 0.178. The van der Waals surface area contributed by atoms with Gasteiger partial charge in [0.05, 0.1) is 0 Å². The Kier molecular flexibility index (Phi) is 6.32. The van der Waals surface area contributed by atoms with E-state index < -0.39 is 0 Å². The van der Waals surface area contributed by atoms with E-state index in [2.05, 4.69) is 41.2 Å². The number of hydrogen-bond acceptors (Lipinski definition) is 5. The van der Waals surface area contributed by atoms with Crippen LogP contribution in [-0.4, -0.2) is 48.7 Å². The fourth-order valence-corrected chi connectivity index (χ4v) is 1.71. The third-order valence-corrected chi connectivity index (χ3v) is 2.61. The summed E-state index contributed by atoms with van der Waals surface area (Å²) in [5.41, 5.74) is 0. The lowest BCUT2D eigenvalue weighted by Gasteiger charge is -2.17. The monoisotopic (exact) mass is 272 g/mol. The van der Waals surface area contributed by atoms with Crippen LogP contribution in [0.3, 0.4) is 0 Å². The van der Waals surface area contributed by atoms with Gasteiger partial charge in [0, 0.05) is 19.2 Å². The fraction of sp³-hybridized carbons (Fsp3) is 0.667. The molecule has 0 aromatic carbocycles. The Morgan fingerprint density at radius 3 is 2.78 bits per heavy atom. The number of nitrogens with zero attached hydrogens (tertiary/aromatic N) is 3. The first-order chi connectivity index (χ1) is 8.51. The molecular weight excluding hydrogens is 252 g/mol. The molecule has 1 aromatic rings. The van der Waals surface area contributed by atoms with Crippen molar-refractivity contribution in [1.29, 1.82) is 0 Å². The summed E-state index contributed by atoms with van der Waals surface area (Å²) in [6.07, 6.45) is 1.04. The SMILES string of the molecule is COCc1nc(Cl)cc(NC(C)CCN(C)C)n1. The predicted molar refractivity (Wildman–Crippen MR) is 74.0 cm³/mol. The van der Waals surface area contributed by atoms with Gasteiger partial charge in [0.15, 0.2) is 5.82 Å². The third-order valence-electron chi connectivity index (χ3n) is 2.42. The average molecular weight is 273 g/mol. The number of nitrogens with one attached hydrogen (secondary N) is 1. The van der Waals surface area contributed by atoms with E-state index in [1.54, 1.807) is 13.2 Å². The Morgan fingerprint density at radius 1 is 1.44 bits per heavy atom. The fourth-order valence-electron chi connectivity index (χ4n) is 1.51. The number of hydrogen-bond donors (Lipinski definition) is 1. The lowest BCUT2D eigenvalue weighted by atomic mass is 10.2. The van der Waals surface area contributed by atoms with Crippen molar-refractivity contribution in [2.75, 3.05) is 33.1 Å². The van der Waals surface area contributed by atoms with E-state index in [4.69, 9.17) is 16.3 Å². The highest BCUT2D eigenvalue weighted by molar-refractivity contribution is 6.29. The van der Waals surface area contributed by atoms with E-state index in [1.807, 2.05) is 0 Å². The summed E-state index contributed by atoms with van der Waals surface area (Å²) in [6.45, 7) is 3.51. The molecule has 5 nitrogen and oxygen atoms in total. The zero-order valence-corrected chi connectivity index (χ0v) is 12.2. The van der Waals surface area contributed by atoms with Gasteiger partial charge in [0.2, 0.25) is 0 Å². The van der Waals surface area contributed by atoms with Gasteiger partial charge in [-0.25, -0.2) is 9.97 Å². The van der Waals surface area contributed by atoms with Crippen LogP contribution in [0, 0.1) is 0 Å². The summed E-state index contributed by atoms with van der Waals surface area (Å²) in [5, 5.41) is 3.75. The Hall–Kier alpha value is -0.910. The Balaban J connectivity index is 2.60. The molecule has 0 amide bonds. The molecule has 1 atom stereocenters. The maximum Gasteiger partial charge on any atom is 0.158 e. The summed E-state index contributed by atoms with van der Waals surface area (Å²) in [7, 11) is 5.73. The molecule has 1 heterocycles. The summed E-state index contributed by atoms with van der Waals surface area (Å²) >= 11 is 5.94. The molecule has 0 bridgehead atoms. The molecule has 1 unspecified atom stereocenters. The van der Waals surface area contributed by atoms with Gasteiger partial charge >= 0.3 is 0 Å². The van der Waals surface area contributed by atoms with E-state index in [0.29, 0.717) is 23.6 Å². The molecule has 0 aliphatic carbocycles. The average Bonchev–Trinajstić information content (AvgIpc) is 2.26. The number of rotatable bonds is 7. The van der Waals surface area contributed by atoms with Crippen LogP contribution in [0.4, 0.5) is 5.82 Å². The van der Waals surface area contributed by atoms with E-state index >= 15 is 0 Å². The van der Waals surface area contributed by atoms with Crippen molar-refractivity contribution in [3.63, 3.8) is 0 Å². The van der Waals surface area contributed by atoms with Gasteiger partial charge in [-0.1, -0.05) is 11.6 Å². The Bertz CT molecular complexity index is 373. The van der Waals surface area contributed by atoms with Crippen LogP contribution in [0.15, 0.2) is 6.07 Å². The van der Waals surface area contributed by atoms with Gasteiger partial charge in [-0.3, -0.25) is 0 Å². The number of halogens is 1. The first kappa shape index (κ1) is 15.1. The van der Waals surface area contributed by atoms with Crippen molar-refractivity contribution >= 4 is 17.4 Å². The van der Waals surface area contributed by atoms with Crippen LogP contribution in [0.1, 0.15) is 19.2 Å². The largest absolute Gasteiger partial charge is 0.377 e. The highest BCUT2D eigenvalue weighted by Crippen LogP contribution is 2.13. The number of methoxy groups -OCH3 is 1. The highest BCUT2D eigenvalue weighted by Gasteiger charge is 2.07. The number of anilines is 1. The van der Waals surface area contributed by atoms with Crippen LogP contribution in [-0.2, 0) is 11.3 Å². The molecular formula is C12H21ClN4O. The topological polar surface area (TPSA) is 50.3 Å². The summed E-state index contributed by atoms with van der Waals surface area (Å²) in [4.78, 5) is 10.6. The van der Waals surface area contributed by atoms with E-state index in [0.717, 1.165) is 18.8 Å². The van der Waals surface area contributed by atoms with Crippen molar-refractivity contribution in [2.24, 2.45) is 0 Å². The molecule has 0 radical (unpaired) electrons. The molecule has 0 fully saturated rings. The normalized spacial score (nSPS) is 12.8. The quantitative estimate of drug-likeness (QED) is 0.770. The lowest BCUT2D eigenvalue weighted by Crippen LogP contribution is -2.23. The van der Waals surface area contributed by atoms with E-state index in [1.165, 1.54) is 0 Å². The standard InChI is InChI=1S/C12H21ClN4O/c1-9(5-6-17(2)3)14-11-7-10(13)15-12(16-11)8-18-4/h7,9H,5-6,8H2,1-4H3,(H,14,15,16). The molecule has 6 heteroatoms. The summed E-state index contributed by atoms with van der Waals surface area (Å²) < 4.78 is 5.00. The number of aromatic nitrogens is 2. The van der Waals surface area contributed by atoms with Gasteiger partial charge in [0.1, 0.15) is 17.6 Å². The minimum atomic E-state index is 0.328. The highest BCUT2D eigenvalue weighted by atomic mass is 35.5. The first-order valence-corrected chi connectivity index (χ1v) is 6.32. The second kappa shape index (κ2) is 7.51. The molecule has 1 aromatic heterocycles. The molecule has 0 aliphatic rings. The zero-order valence-electron chi connectivity index (χ0n) is 11.4. The van der Waals surface area contributed by atoms with Gasteiger partial charge in [-0.15, -0.1) is 0 Å². The van der Waals surface area contributed by atoms with Crippen LogP contribution >= 0.6 is 11.6 Å². The van der Waals surface area contributed by atoms with Crippen LogP contribution < -0.4 is 5.32 Å². The van der Waals surface area contributed by atoms with E-state index in [-0.39, 0.29) is 0 Å². The van der Waals surface area contributed by atoms with Crippen LogP contribution in [0.25, 0.3) is 0 Å².